The molecule has 2 aromatic rings. The summed E-state index contributed by atoms with van der Waals surface area (Å²) in [5.41, 5.74) is 2.28. The second-order valence-electron chi connectivity index (χ2n) is 4.44. The van der Waals surface area contributed by atoms with Crippen molar-refractivity contribution in [1.29, 1.82) is 0 Å². The molecule has 1 heterocycles. The summed E-state index contributed by atoms with van der Waals surface area (Å²) in [7, 11) is 0. The van der Waals surface area contributed by atoms with Gasteiger partial charge in [-0.05, 0) is 36.2 Å². The molecule has 0 radical (unpaired) electrons. The molecule has 0 bridgehead atoms. The van der Waals surface area contributed by atoms with Crippen molar-refractivity contribution >= 4 is 0 Å². The van der Waals surface area contributed by atoms with E-state index in [0.717, 1.165) is 11.3 Å². The van der Waals surface area contributed by atoms with Crippen molar-refractivity contribution in [3.63, 3.8) is 0 Å². The standard InChI is InChI=1S/C15H15F2NO2/c1-10-4-3-7-18-13(10)9-14(19)11-5-2-6-12(8-11)20-15(16)17/h2-8,14-15,19H,9H2,1H3. The van der Waals surface area contributed by atoms with E-state index >= 15 is 0 Å². The van der Waals surface area contributed by atoms with Crippen LogP contribution in [0.15, 0.2) is 42.6 Å². The molecule has 0 saturated carbocycles. The number of hydrogen-bond acceptors (Lipinski definition) is 3. The minimum Gasteiger partial charge on any atom is -0.435 e. The molecular formula is C15H15F2NO2. The number of nitrogens with zero attached hydrogens (tertiary/aromatic N) is 1. The number of ether oxygens (including phenoxy) is 1. The Balaban J connectivity index is 2.13. The Bertz CT molecular complexity index is 575. The summed E-state index contributed by atoms with van der Waals surface area (Å²) in [4.78, 5) is 4.20. The zero-order valence-corrected chi connectivity index (χ0v) is 11.0. The van der Waals surface area contributed by atoms with E-state index in [1.165, 1.54) is 12.1 Å². The van der Waals surface area contributed by atoms with E-state index in [-0.39, 0.29) is 5.75 Å². The van der Waals surface area contributed by atoms with Gasteiger partial charge in [0.05, 0.1) is 6.10 Å². The Morgan fingerprint density at radius 3 is 2.75 bits per heavy atom. The van der Waals surface area contributed by atoms with E-state index in [4.69, 9.17) is 0 Å². The Kier molecular flexibility index (Phi) is 4.63. The summed E-state index contributed by atoms with van der Waals surface area (Å²) in [5.74, 6) is 0.0364. The first kappa shape index (κ1) is 14.4. The predicted molar refractivity (Wildman–Crippen MR) is 70.7 cm³/mol. The fourth-order valence-electron chi connectivity index (χ4n) is 1.93. The average Bonchev–Trinajstić information content (AvgIpc) is 2.41. The van der Waals surface area contributed by atoms with Crippen LogP contribution in [0.3, 0.4) is 0 Å². The lowest BCUT2D eigenvalue weighted by atomic mass is 10.0. The van der Waals surface area contributed by atoms with Crippen LogP contribution >= 0.6 is 0 Å². The molecule has 0 spiro atoms. The number of aliphatic hydroxyl groups excluding tert-OH is 1. The molecule has 0 aliphatic rings. The zero-order valence-electron chi connectivity index (χ0n) is 11.0. The molecule has 1 N–H and O–H groups in total. The molecular weight excluding hydrogens is 264 g/mol. The van der Waals surface area contributed by atoms with Gasteiger partial charge in [0, 0.05) is 18.3 Å². The van der Waals surface area contributed by atoms with E-state index in [0.29, 0.717) is 12.0 Å². The highest BCUT2D eigenvalue weighted by Crippen LogP contribution is 2.23. The third kappa shape index (κ3) is 3.74. The number of rotatable bonds is 5. The van der Waals surface area contributed by atoms with Gasteiger partial charge in [-0.15, -0.1) is 0 Å². The quantitative estimate of drug-likeness (QED) is 0.913. The molecule has 5 heteroatoms. The average molecular weight is 279 g/mol. The Morgan fingerprint density at radius 1 is 1.25 bits per heavy atom. The smallest absolute Gasteiger partial charge is 0.387 e. The zero-order chi connectivity index (χ0) is 14.5. The summed E-state index contributed by atoms with van der Waals surface area (Å²) in [5, 5.41) is 10.2. The van der Waals surface area contributed by atoms with Crippen LogP contribution in [0.25, 0.3) is 0 Å². The van der Waals surface area contributed by atoms with Gasteiger partial charge in [0.1, 0.15) is 5.75 Å². The second-order valence-corrected chi connectivity index (χ2v) is 4.44. The maximum atomic E-state index is 12.2. The van der Waals surface area contributed by atoms with Crippen molar-refractivity contribution in [3.8, 4) is 5.75 Å². The molecule has 0 aliphatic heterocycles. The van der Waals surface area contributed by atoms with Crippen LogP contribution in [0.5, 0.6) is 5.75 Å². The number of aromatic nitrogens is 1. The van der Waals surface area contributed by atoms with Crippen LogP contribution in [0, 0.1) is 6.92 Å². The number of alkyl halides is 2. The highest BCUT2D eigenvalue weighted by Gasteiger charge is 2.13. The molecule has 3 nitrogen and oxygen atoms in total. The Morgan fingerprint density at radius 2 is 2.05 bits per heavy atom. The first-order chi connectivity index (χ1) is 9.56. The van der Waals surface area contributed by atoms with E-state index in [1.54, 1.807) is 18.3 Å². The molecule has 1 unspecified atom stereocenters. The largest absolute Gasteiger partial charge is 0.435 e. The molecule has 0 saturated heterocycles. The minimum absolute atomic E-state index is 0.0364. The van der Waals surface area contributed by atoms with Crippen molar-refractivity contribution in [2.45, 2.75) is 26.1 Å². The number of aliphatic hydroxyl groups is 1. The number of benzene rings is 1. The Labute approximate surface area is 115 Å². The summed E-state index contributed by atoms with van der Waals surface area (Å²) in [6.45, 7) is -0.966. The predicted octanol–water partition coefficient (Wildman–Crippen LogP) is 3.27. The number of halogens is 2. The van der Waals surface area contributed by atoms with Gasteiger partial charge in [0.15, 0.2) is 0 Å². The van der Waals surface area contributed by atoms with E-state index < -0.39 is 12.7 Å². The van der Waals surface area contributed by atoms with Crippen LogP contribution in [-0.4, -0.2) is 16.7 Å². The lowest BCUT2D eigenvalue weighted by Gasteiger charge is -2.13. The van der Waals surface area contributed by atoms with Gasteiger partial charge in [-0.3, -0.25) is 4.98 Å². The van der Waals surface area contributed by atoms with E-state index in [1.807, 2.05) is 19.1 Å². The molecule has 106 valence electrons. The summed E-state index contributed by atoms with van der Waals surface area (Å²) < 4.78 is 28.6. The third-order valence-electron chi connectivity index (χ3n) is 2.97. The van der Waals surface area contributed by atoms with Crippen LogP contribution in [0.2, 0.25) is 0 Å². The van der Waals surface area contributed by atoms with Crippen molar-refractivity contribution in [1.82, 2.24) is 4.98 Å². The SMILES string of the molecule is Cc1cccnc1CC(O)c1cccc(OC(F)F)c1. The van der Waals surface area contributed by atoms with Crippen molar-refractivity contribution in [3.05, 3.63) is 59.4 Å². The Hall–Kier alpha value is -2.01. The number of hydrogen-bond donors (Lipinski definition) is 1. The first-order valence-electron chi connectivity index (χ1n) is 6.19. The third-order valence-corrected chi connectivity index (χ3v) is 2.97. The molecule has 2 rings (SSSR count). The second kappa shape index (κ2) is 6.43. The molecule has 0 fully saturated rings. The highest BCUT2D eigenvalue weighted by atomic mass is 19.3. The molecule has 0 amide bonds. The summed E-state index contributed by atoms with van der Waals surface area (Å²) >= 11 is 0. The van der Waals surface area contributed by atoms with Gasteiger partial charge < -0.3 is 9.84 Å². The normalized spacial score (nSPS) is 12.4. The highest BCUT2D eigenvalue weighted by molar-refractivity contribution is 5.31. The fraction of sp³-hybridized carbons (Fsp3) is 0.267. The summed E-state index contributed by atoms with van der Waals surface area (Å²) in [6.07, 6.45) is 1.17. The van der Waals surface area contributed by atoms with Crippen molar-refractivity contribution in [2.24, 2.45) is 0 Å². The van der Waals surface area contributed by atoms with Crippen LogP contribution in [0.4, 0.5) is 8.78 Å². The molecule has 1 aromatic heterocycles. The van der Waals surface area contributed by atoms with Crippen LogP contribution in [0.1, 0.15) is 22.9 Å². The lowest BCUT2D eigenvalue weighted by Crippen LogP contribution is -2.06. The topological polar surface area (TPSA) is 42.4 Å². The lowest BCUT2D eigenvalue weighted by molar-refractivity contribution is -0.0499. The van der Waals surface area contributed by atoms with Crippen molar-refractivity contribution < 1.29 is 18.6 Å². The molecule has 0 aliphatic carbocycles. The van der Waals surface area contributed by atoms with Gasteiger partial charge in [-0.2, -0.15) is 8.78 Å². The van der Waals surface area contributed by atoms with Crippen molar-refractivity contribution in [2.75, 3.05) is 0 Å². The summed E-state index contributed by atoms with van der Waals surface area (Å²) in [6, 6.07) is 9.81. The number of aryl methyl sites for hydroxylation is 1. The van der Waals surface area contributed by atoms with Gasteiger partial charge in [0.2, 0.25) is 0 Å². The van der Waals surface area contributed by atoms with E-state index in [9.17, 15) is 13.9 Å². The monoisotopic (exact) mass is 279 g/mol. The maximum absolute atomic E-state index is 12.2. The first-order valence-corrected chi connectivity index (χ1v) is 6.19. The van der Waals surface area contributed by atoms with Gasteiger partial charge >= 0.3 is 6.61 Å². The van der Waals surface area contributed by atoms with Crippen LogP contribution < -0.4 is 4.74 Å². The minimum atomic E-state index is -2.87. The molecule has 1 aromatic carbocycles. The van der Waals surface area contributed by atoms with Gasteiger partial charge in [0.25, 0.3) is 0 Å². The molecule has 1 atom stereocenters. The molecule has 20 heavy (non-hydrogen) atoms. The van der Waals surface area contributed by atoms with Crippen LogP contribution in [-0.2, 0) is 6.42 Å². The fourth-order valence-corrected chi connectivity index (χ4v) is 1.93. The number of pyridine rings is 1. The van der Waals surface area contributed by atoms with E-state index in [2.05, 4.69) is 9.72 Å². The van der Waals surface area contributed by atoms with Gasteiger partial charge in [-0.25, -0.2) is 0 Å². The van der Waals surface area contributed by atoms with Gasteiger partial charge in [-0.1, -0.05) is 18.2 Å². The maximum Gasteiger partial charge on any atom is 0.387 e.